The molecule has 148 valence electrons. The highest BCUT2D eigenvalue weighted by Gasteiger charge is 2.29. The number of sulfonamides is 1. The number of benzene rings is 2. The molecule has 0 heterocycles. The molecule has 0 amide bonds. The molecule has 2 aromatic carbocycles. The van der Waals surface area contributed by atoms with Crippen LogP contribution in [0.4, 0.5) is 5.69 Å². The second kappa shape index (κ2) is 9.35. The SMILES string of the molecule is CC(C)CN(C[C@@H](O)[C@@H](C)Cc1ccccc1)S(=O)(=O)c1ccc(N)cc1. The van der Waals surface area contributed by atoms with E-state index in [0.29, 0.717) is 18.7 Å². The standard InChI is InChI=1S/C21H30N2O3S/c1-16(2)14-23(27(25,26)20-11-9-19(22)10-12-20)15-21(24)17(3)13-18-7-5-4-6-8-18/h4-12,16-17,21,24H,13-15,22H2,1-3H3/t17-,21+/m0/s1. The highest BCUT2D eigenvalue weighted by molar-refractivity contribution is 7.89. The van der Waals surface area contributed by atoms with Crippen LogP contribution in [0.2, 0.25) is 0 Å². The van der Waals surface area contributed by atoms with E-state index in [1.165, 1.54) is 16.4 Å². The van der Waals surface area contributed by atoms with Crippen LogP contribution in [-0.4, -0.2) is 37.0 Å². The lowest BCUT2D eigenvalue weighted by Crippen LogP contribution is -2.42. The van der Waals surface area contributed by atoms with Gasteiger partial charge in [-0.25, -0.2) is 8.42 Å². The van der Waals surface area contributed by atoms with Crippen LogP contribution in [0.3, 0.4) is 0 Å². The first-order valence-corrected chi connectivity index (χ1v) is 10.7. The summed E-state index contributed by atoms with van der Waals surface area (Å²) in [6.07, 6.45) is -0.0630. The van der Waals surface area contributed by atoms with Crippen molar-refractivity contribution in [3.05, 3.63) is 60.2 Å². The monoisotopic (exact) mass is 390 g/mol. The molecule has 2 rings (SSSR count). The summed E-state index contributed by atoms with van der Waals surface area (Å²) in [4.78, 5) is 0.195. The van der Waals surface area contributed by atoms with Gasteiger partial charge in [0.25, 0.3) is 0 Å². The summed E-state index contributed by atoms with van der Waals surface area (Å²) in [5.41, 5.74) is 7.31. The minimum atomic E-state index is -3.70. The highest BCUT2D eigenvalue weighted by Crippen LogP contribution is 2.21. The molecule has 2 aromatic rings. The maximum Gasteiger partial charge on any atom is 0.243 e. The second-order valence-electron chi connectivity index (χ2n) is 7.52. The predicted octanol–water partition coefficient (Wildman–Crippen LogP) is 3.16. The molecule has 0 radical (unpaired) electrons. The Bertz CT molecular complexity index is 805. The van der Waals surface area contributed by atoms with Crippen molar-refractivity contribution >= 4 is 15.7 Å². The van der Waals surface area contributed by atoms with Crippen molar-refractivity contribution in [2.45, 2.75) is 38.2 Å². The molecule has 0 aliphatic heterocycles. The van der Waals surface area contributed by atoms with E-state index in [2.05, 4.69) is 0 Å². The van der Waals surface area contributed by atoms with Gasteiger partial charge < -0.3 is 10.8 Å². The zero-order chi connectivity index (χ0) is 20.0. The number of nitrogens with zero attached hydrogens (tertiary/aromatic N) is 1. The normalized spacial score (nSPS) is 14.4. The smallest absolute Gasteiger partial charge is 0.243 e. The fourth-order valence-corrected chi connectivity index (χ4v) is 4.60. The van der Waals surface area contributed by atoms with E-state index in [-0.39, 0.29) is 23.3 Å². The molecule has 3 N–H and O–H groups in total. The van der Waals surface area contributed by atoms with E-state index in [9.17, 15) is 13.5 Å². The highest BCUT2D eigenvalue weighted by atomic mass is 32.2. The van der Waals surface area contributed by atoms with Gasteiger partial charge >= 0.3 is 0 Å². The summed E-state index contributed by atoms with van der Waals surface area (Å²) >= 11 is 0. The molecule has 0 aliphatic rings. The summed E-state index contributed by atoms with van der Waals surface area (Å²) in [5, 5.41) is 10.7. The molecular formula is C21H30N2O3S. The number of nitrogens with two attached hydrogens (primary N) is 1. The number of rotatable bonds is 9. The molecular weight excluding hydrogens is 360 g/mol. The lowest BCUT2D eigenvalue weighted by Gasteiger charge is -2.29. The van der Waals surface area contributed by atoms with Crippen LogP contribution in [-0.2, 0) is 16.4 Å². The summed E-state index contributed by atoms with van der Waals surface area (Å²) in [7, 11) is -3.70. The lowest BCUT2D eigenvalue weighted by atomic mass is 9.96. The molecule has 6 heteroatoms. The number of nitrogen functional groups attached to an aromatic ring is 1. The van der Waals surface area contributed by atoms with Crippen molar-refractivity contribution in [1.82, 2.24) is 4.31 Å². The predicted molar refractivity (Wildman–Crippen MR) is 110 cm³/mol. The van der Waals surface area contributed by atoms with Crippen molar-refractivity contribution in [3.63, 3.8) is 0 Å². The van der Waals surface area contributed by atoms with Crippen LogP contribution in [0.1, 0.15) is 26.3 Å². The Morgan fingerprint density at radius 2 is 1.56 bits per heavy atom. The van der Waals surface area contributed by atoms with Crippen LogP contribution >= 0.6 is 0 Å². The van der Waals surface area contributed by atoms with Crippen molar-refractivity contribution in [2.75, 3.05) is 18.8 Å². The maximum atomic E-state index is 13.1. The summed E-state index contributed by atoms with van der Waals surface area (Å²) in [6, 6.07) is 16.1. The molecule has 0 saturated carbocycles. The number of hydrogen-bond donors (Lipinski definition) is 2. The van der Waals surface area contributed by atoms with E-state index in [4.69, 9.17) is 5.73 Å². The third-order valence-electron chi connectivity index (χ3n) is 4.53. The molecule has 0 bridgehead atoms. The minimum Gasteiger partial charge on any atom is -0.399 e. The van der Waals surface area contributed by atoms with Gasteiger partial charge in [0, 0.05) is 18.8 Å². The fraction of sp³-hybridized carbons (Fsp3) is 0.429. The Kier molecular flexibility index (Phi) is 7.41. The van der Waals surface area contributed by atoms with Crippen LogP contribution in [0.25, 0.3) is 0 Å². The molecule has 0 aliphatic carbocycles. The summed E-state index contributed by atoms with van der Waals surface area (Å²) in [6.45, 7) is 6.29. The van der Waals surface area contributed by atoms with Gasteiger partial charge in [-0.3, -0.25) is 0 Å². The fourth-order valence-electron chi connectivity index (χ4n) is 2.98. The van der Waals surface area contributed by atoms with Gasteiger partial charge in [-0.1, -0.05) is 51.1 Å². The topological polar surface area (TPSA) is 83.6 Å². The van der Waals surface area contributed by atoms with Gasteiger partial charge in [-0.15, -0.1) is 0 Å². The van der Waals surface area contributed by atoms with Crippen LogP contribution in [0, 0.1) is 11.8 Å². The average molecular weight is 391 g/mol. The first-order chi connectivity index (χ1) is 12.7. The Hall–Kier alpha value is -1.89. The van der Waals surface area contributed by atoms with E-state index >= 15 is 0 Å². The van der Waals surface area contributed by atoms with Crippen molar-refractivity contribution in [2.24, 2.45) is 11.8 Å². The van der Waals surface area contributed by atoms with Gasteiger partial charge in [0.05, 0.1) is 11.0 Å². The molecule has 0 saturated heterocycles. The average Bonchev–Trinajstić information content (AvgIpc) is 2.62. The quantitative estimate of drug-likeness (QED) is 0.644. The molecule has 0 unspecified atom stereocenters. The van der Waals surface area contributed by atoms with Gasteiger partial charge in [0.2, 0.25) is 10.0 Å². The van der Waals surface area contributed by atoms with Crippen LogP contribution in [0.15, 0.2) is 59.5 Å². The van der Waals surface area contributed by atoms with Crippen molar-refractivity contribution in [1.29, 1.82) is 0 Å². The van der Waals surface area contributed by atoms with E-state index in [1.54, 1.807) is 12.1 Å². The third kappa shape index (κ3) is 6.06. The maximum absolute atomic E-state index is 13.1. The Morgan fingerprint density at radius 1 is 0.963 bits per heavy atom. The van der Waals surface area contributed by atoms with E-state index < -0.39 is 16.1 Å². The molecule has 0 spiro atoms. The Balaban J connectivity index is 2.16. The summed E-state index contributed by atoms with van der Waals surface area (Å²) in [5.74, 6) is 0.0777. The first kappa shape index (κ1) is 21.4. The zero-order valence-electron chi connectivity index (χ0n) is 16.2. The first-order valence-electron chi connectivity index (χ1n) is 9.28. The number of hydrogen-bond acceptors (Lipinski definition) is 4. The molecule has 5 nitrogen and oxygen atoms in total. The summed E-state index contributed by atoms with van der Waals surface area (Å²) < 4.78 is 27.5. The van der Waals surface area contributed by atoms with Crippen molar-refractivity contribution < 1.29 is 13.5 Å². The Labute approximate surface area is 162 Å². The molecule has 0 fully saturated rings. The minimum absolute atomic E-state index is 0.0660. The molecule has 0 aromatic heterocycles. The molecule has 2 atom stereocenters. The largest absolute Gasteiger partial charge is 0.399 e. The van der Waals surface area contributed by atoms with Gasteiger partial charge in [0.15, 0.2) is 0 Å². The van der Waals surface area contributed by atoms with Gasteiger partial charge in [-0.2, -0.15) is 4.31 Å². The number of aliphatic hydroxyl groups excluding tert-OH is 1. The van der Waals surface area contributed by atoms with Crippen LogP contribution < -0.4 is 5.73 Å². The second-order valence-corrected chi connectivity index (χ2v) is 9.46. The number of anilines is 1. The van der Waals surface area contributed by atoms with Crippen LogP contribution in [0.5, 0.6) is 0 Å². The number of aliphatic hydroxyl groups is 1. The van der Waals surface area contributed by atoms with Crippen molar-refractivity contribution in [3.8, 4) is 0 Å². The van der Waals surface area contributed by atoms with Gasteiger partial charge in [-0.05, 0) is 48.1 Å². The lowest BCUT2D eigenvalue weighted by molar-refractivity contribution is 0.0919. The van der Waals surface area contributed by atoms with E-state index in [0.717, 1.165) is 5.56 Å². The third-order valence-corrected chi connectivity index (χ3v) is 6.38. The zero-order valence-corrected chi connectivity index (χ0v) is 17.1. The molecule has 27 heavy (non-hydrogen) atoms. The van der Waals surface area contributed by atoms with E-state index in [1.807, 2.05) is 51.1 Å². The Morgan fingerprint density at radius 3 is 2.11 bits per heavy atom. The van der Waals surface area contributed by atoms with Gasteiger partial charge in [0.1, 0.15) is 0 Å².